The van der Waals surface area contributed by atoms with Crippen molar-refractivity contribution in [3.63, 3.8) is 0 Å². The van der Waals surface area contributed by atoms with Gasteiger partial charge < -0.3 is 10.2 Å². The van der Waals surface area contributed by atoms with E-state index >= 15 is 0 Å². The first kappa shape index (κ1) is 20.1. The van der Waals surface area contributed by atoms with E-state index in [0.717, 1.165) is 42.5 Å². The van der Waals surface area contributed by atoms with Crippen LogP contribution in [-0.4, -0.2) is 46.9 Å². The Balaban J connectivity index is 1.30. The third kappa shape index (κ3) is 4.54. The molecule has 2 aromatic rings. The smallest absolute Gasteiger partial charge is 0.323 e. The summed E-state index contributed by atoms with van der Waals surface area (Å²) >= 11 is 3.41. The molecule has 0 radical (unpaired) electrons. The second kappa shape index (κ2) is 8.67. The van der Waals surface area contributed by atoms with E-state index in [2.05, 4.69) is 50.4 Å². The topological polar surface area (TPSA) is 52.7 Å². The summed E-state index contributed by atoms with van der Waals surface area (Å²) in [5, 5.41) is 3.00. The van der Waals surface area contributed by atoms with E-state index in [0.29, 0.717) is 19.4 Å². The summed E-state index contributed by atoms with van der Waals surface area (Å²) in [6.45, 7) is 3.02. The Morgan fingerprint density at radius 2 is 1.62 bits per heavy atom. The molecule has 1 spiro atoms. The Bertz CT molecular complexity index is 861. The van der Waals surface area contributed by atoms with Crippen LogP contribution in [0.1, 0.15) is 30.4 Å². The van der Waals surface area contributed by atoms with Crippen LogP contribution in [0.4, 0.5) is 4.79 Å². The highest BCUT2D eigenvalue weighted by atomic mass is 79.9. The predicted octanol–water partition coefficient (Wildman–Crippen LogP) is 3.97. The lowest BCUT2D eigenvalue weighted by Gasteiger charge is -2.37. The van der Waals surface area contributed by atoms with Crippen molar-refractivity contribution in [3.05, 3.63) is 70.2 Å². The van der Waals surface area contributed by atoms with Crippen LogP contribution in [0.2, 0.25) is 0 Å². The quantitative estimate of drug-likeness (QED) is 0.670. The highest BCUT2D eigenvalue weighted by molar-refractivity contribution is 9.10. The fourth-order valence-electron chi connectivity index (χ4n) is 4.24. The third-order valence-corrected chi connectivity index (χ3v) is 6.52. The van der Waals surface area contributed by atoms with Gasteiger partial charge in [-0.15, -0.1) is 0 Å². The van der Waals surface area contributed by atoms with Crippen LogP contribution in [0.25, 0.3) is 0 Å². The second-order valence-electron chi connectivity index (χ2n) is 7.96. The van der Waals surface area contributed by atoms with Gasteiger partial charge in [0.15, 0.2) is 0 Å². The molecular weight excluding hydrogens is 430 g/mol. The highest BCUT2D eigenvalue weighted by Gasteiger charge is 2.52. The molecule has 5 nitrogen and oxygen atoms in total. The minimum Gasteiger partial charge on any atom is -0.323 e. The van der Waals surface area contributed by atoms with Crippen molar-refractivity contribution in [2.45, 2.75) is 37.8 Å². The van der Waals surface area contributed by atoms with Crippen molar-refractivity contribution >= 4 is 27.9 Å². The number of hydrogen-bond donors (Lipinski definition) is 1. The molecular formula is C23H26BrN3O2. The number of carbonyl (C=O) groups is 2. The van der Waals surface area contributed by atoms with Crippen molar-refractivity contribution in [3.8, 4) is 0 Å². The molecule has 2 aliphatic heterocycles. The molecule has 2 aliphatic rings. The molecule has 0 aromatic heterocycles. The number of imide groups is 1. The number of nitrogens with one attached hydrogen (secondary N) is 1. The third-order valence-electron chi connectivity index (χ3n) is 5.99. The zero-order valence-electron chi connectivity index (χ0n) is 16.4. The van der Waals surface area contributed by atoms with Gasteiger partial charge in [-0.2, -0.15) is 0 Å². The molecule has 2 saturated heterocycles. The molecule has 6 heteroatoms. The van der Waals surface area contributed by atoms with E-state index in [4.69, 9.17) is 0 Å². The molecule has 0 atom stereocenters. The molecule has 2 heterocycles. The summed E-state index contributed by atoms with van der Waals surface area (Å²) in [5.74, 6) is -0.0747. The predicted molar refractivity (Wildman–Crippen MR) is 116 cm³/mol. The number of aryl methyl sites for hydroxylation is 1. The SMILES string of the molecule is O=C1NC2(CCN(CCCc3ccccc3)CC2)C(=O)N1Cc1ccc(Br)cc1. The van der Waals surface area contributed by atoms with Crippen LogP contribution < -0.4 is 5.32 Å². The number of nitrogens with zero attached hydrogens (tertiary/aromatic N) is 2. The van der Waals surface area contributed by atoms with E-state index in [1.807, 2.05) is 30.3 Å². The Kier molecular flexibility index (Phi) is 6.01. The summed E-state index contributed by atoms with van der Waals surface area (Å²) < 4.78 is 0.981. The molecule has 2 aromatic carbocycles. The molecule has 1 N–H and O–H groups in total. The number of hydrogen-bond acceptors (Lipinski definition) is 3. The van der Waals surface area contributed by atoms with Gasteiger partial charge in [0.2, 0.25) is 0 Å². The first-order valence-electron chi connectivity index (χ1n) is 10.2. The average molecular weight is 456 g/mol. The van der Waals surface area contributed by atoms with E-state index < -0.39 is 5.54 Å². The number of carbonyl (C=O) groups excluding carboxylic acids is 2. The molecule has 3 amide bonds. The fraction of sp³-hybridized carbons (Fsp3) is 0.391. The van der Waals surface area contributed by atoms with Crippen LogP contribution in [0.3, 0.4) is 0 Å². The maximum atomic E-state index is 13.1. The summed E-state index contributed by atoms with van der Waals surface area (Å²) in [5.41, 5.74) is 1.59. The van der Waals surface area contributed by atoms with Crippen molar-refractivity contribution < 1.29 is 9.59 Å². The van der Waals surface area contributed by atoms with Gasteiger partial charge in [-0.1, -0.05) is 58.4 Å². The normalized spacial score (nSPS) is 19.0. The number of urea groups is 1. The van der Waals surface area contributed by atoms with Crippen LogP contribution in [0, 0.1) is 0 Å². The van der Waals surface area contributed by atoms with E-state index in [-0.39, 0.29) is 11.9 Å². The van der Waals surface area contributed by atoms with Gasteiger partial charge in [-0.05, 0) is 55.5 Å². The summed E-state index contributed by atoms with van der Waals surface area (Å²) in [6.07, 6.45) is 3.53. The van der Waals surface area contributed by atoms with Gasteiger partial charge in [-0.25, -0.2) is 4.79 Å². The Morgan fingerprint density at radius 1 is 0.931 bits per heavy atom. The Labute approximate surface area is 180 Å². The van der Waals surface area contributed by atoms with E-state index in [1.54, 1.807) is 0 Å². The minimum absolute atomic E-state index is 0.0747. The number of piperidine rings is 1. The minimum atomic E-state index is -0.720. The Hall–Kier alpha value is -2.18. The summed E-state index contributed by atoms with van der Waals surface area (Å²) in [4.78, 5) is 29.4. The maximum Gasteiger partial charge on any atom is 0.325 e. The molecule has 29 heavy (non-hydrogen) atoms. The zero-order chi connectivity index (χ0) is 20.3. The van der Waals surface area contributed by atoms with E-state index in [9.17, 15) is 9.59 Å². The van der Waals surface area contributed by atoms with Gasteiger partial charge in [0, 0.05) is 17.6 Å². The van der Waals surface area contributed by atoms with Gasteiger partial charge in [0.05, 0.1) is 6.54 Å². The first-order valence-corrected chi connectivity index (χ1v) is 11.0. The van der Waals surface area contributed by atoms with Crippen molar-refractivity contribution in [2.75, 3.05) is 19.6 Å². The van der Waals surface area contributed by atoms with Crippen molar-refractivity contribution in [2.24, 2.45) is 0 Å². The molecule has 0 bridgehead atoms. The largest absolute Gasteiger partial charge is 0.325 e. The summed E-state index contributed by atoms with van der Waals surface area (Å²) in [7, 11) is 0. The number of likely N-dealkylation sites (tertiary alicyclic amines) is 1. The monoisotopic (exact) mass is 455 g/mol. The highest BCUT2D eigenvalue weighted by Crippen LogP contribution is 2.30. The molecule has 4 rings (SSSR count). The van der Waals surface area contributed by atoms with Crippen LogP contribution in [0.15, 0.2) is 59.1 Å². The molecule has 0 saturated carbocycles. The molecule has 0 aliphatic carbocycles. The number of benzene rings is 2. The number of amides is 3. The second-order valence-corrected chi connectivity index (χ2v) is 8.88. The standard InChI is InChI=1S/C23H26BrN3O2/c24-20-10-8-19(9-11-20)17-27-21(28)23(25-22(27)29)12-15-26(16-13-23)14-4-7-18-5-2-1-3-6-18/h1-3,5-6,8-11H,4,7,12-17H2,(H,25,29). The number of halogens is 1. The fourth-order valence-corrected chi connectivity index (χ4v) is 4.51. The van der Waals surface area contributed by atoms with Crippen LogP contribution >= 0.6 is 15.9 Å². The summed E-state index contributed by atoms with van der Waals surface area (Å²) in [6, 6.07) is 18.0. The Morgan fingerprint density at radius 3 is 2.31 bits per heavy atom. The van der Waals surface area contributed by atoms with Gasteiger partial charge in [0.25, 0.3) is 5.91 Å². The lowest BCUT2D eigenvalue weighted by molar-refractivity contribution is -0.133. The maximum absolute atomic E-state index is 13.1. The van der Waals surface area contributed by atoms with Gasteiger partial charge >= 0.3 is 6.03 Å². The lowest BCUT2D eigenvalue weighted by Crippen LogP contribution is -2.55. The molecule has 152 valence electrons. The van der Waals surface area contributed by atoms with Crippen molar-refractivity contribution in [1.82, 2.24) is 15.1 Å². The van der Waals surface area contributed by atoms with Gasteiger partial charge in [0.1, 0.15) is 5.54 Å². The molecule has 2 fully saturated rings. The average Bonchev–Trinajstić information content (AvgIpc) is 2.96. The number of rotatable bonds is 6. The van der Waals surface area contributed by atoms with E-state index in [1.165, 1.54) is 10.5 Å². The first-order chi connectivity index (χ1) is 14.1. The van der Waals surface area contributed by atoms with Crippen LogP contribution in [-0.2, 0) is 17.8 Å². The van der Waals surface area contributed by atoms with Crippen molar-refractivity contribution in [1.29, 1.82) is 0 Å². The zero-order valence-corrected chi connectivity index (χ0v) is 18.0. The van der Waals surface area contributed by atoms with Crippen LogP contribution in [0.5, 0.6) is 0 Å². The van der Waals surface area contributed by atoms with Gasteiger partial charge in [-0.3, -0.25) is 9.69 Å². The lowest BCUT2D eigenvalue weighted by atomic mass is 9.87. The molecule has 0 unspecified atom stereocenters.